The van der Waals surface area contributed by atoms with Crippen molar-refractivity contribution in [2.24, 2.45) is 29.6 Å². The van der Waals surface area contributed by atoms with Crippen LogP contribution in [0.1, 0.15) is 119 Å². The number of likely N-dealkylation sites (N-methyl/N-ethyl adjacent to an activating group) is 1. The van der Waals surface area contributed by atoms with E-state index in [1.54, 1.807) is 28.3 Å². The molecule has 376 valence electrons. The highest BCUT2D eigenvalue weighted by atomic mass is 16.7. The molecule has 3 fully saturated rings. The number of allylic oxidation sites excluding steroid dienone is 4. The van der Waals surface area contributed by atoms with Crippen LogP contribution in [-0.2, 0) is 49.4 Å². The average molecular weight is 944 g/mol. The van der Waals surface area contributed by atoms with Gasteiger partial charge < -0.3 is 43.2 Å². The number of carbonyl (C=O) groups is 4. The first-order chi connectivity index (χ1) is 32.5. The van der Waals surface area contributed by atoms with E-state index in [1.807, 2.05) is 33.8 Å². The Balaban J connectivity index is 1.28. The van der Waals surface area contributed by atoms with Crippen LogP contribution >= 0.6 is 0 Å². The van der Waals surface area contributed by atoms with E-state index in [0.29, 0.717) is 51.4 Å². The Morgan fingerprint density at radius 3 is 2.37 bits per heavy atom. The zero-order chi connectivity index (χ0) is 49.4. The number of benzene rings is 1. The third-order valence-corrected chi connectivity index (χ3v) is 15.7. The molecule has 2 bridgehead atoms. The maximum absolute atomic E-state index is 14.6. The van der Waals surface area contributed by atoms with Gasteiger partial charge in [0.25, 0.3) is 11.7 Å². The predicted octanol–water partition coefficient (Wildman–Crippen LogP) is 8.79. The summed E-state index contributed by atoms with van der Waals surface area (Å²) in [6.07, 6.45) is 12.6. The van der Waals surface area contributed by atoms with Crippen LogP contribution in [0, 0.1) is 29.6 Å². The van der Waals surface area contributed by atoms with Gasteiger partial charge in [-0.1, -0.05) is 51.5 Å². The minimum absolute atomic E-state index is 0.0592. The number of cyclic esters (lactones) is 1. The van der Waals surface area contributed by atoms with Crippen molar-refractivity contribution in [3.8, 4) is 0 Å². The van der Waals surface area contributed by atoms with Crippen molar-refractivity contribution >= 4 is 40.0 Å². The molecule has 1 aromatic carbocycles. The number of ketones is 2. The predicted molar refractivity (Wildman–Crippen MR) is 265 cm³/mol. The number of hydrogen-bond donors (Lipinski definition) is 1. The first-order valence-electron chi connectivity index (χ1n) is 25.3. The first kappa shape index (κ1) is 53.2. The monoisotopic (exact) mass is 944 g/mol. The Morgan fingerprint density at radius 1 is 0.956 bits per heavy atom. The van der Waals surface area contributed by atoms with Crippen LogP contribution in [0.15, 0.2) is 66.4 Å². The largest absolute Gasteiger partial charge is 0.456 e. The minimum atomic E-state index is -2.47. The molecule has 3 aliphatic heterocycles. The fourth-order valence-corrected chi connectivity index (χ4v) is 11.7. The number of hydrogen-bond acceptors (Lipinski definition) is 11. The molecule has 68 heavy (non-hydrogen) atoms. The number of ether oxygens (including phenoxy) is 5. The summed E-state index contributed by atoms with van der Waals surface area (Å²) in [7, 11) is 7.03. The van der Waals surface area contributed by atoms with Crippen molar-refractivity contribution in [1.29, 1.82) is 0 Å². The van der Waals surface area contributed by atoms with Gasteiger partial charge in [-0.05, 0) is 132 Å². The van der Waals surface area contributed by atoms with Crippen molar-refractivity contribution in [3.05, 3.63) is 66.4 Å². The summed E-state index contributed by atoms with van der Waals surface area (Å²) in [5.41, 5.74) is 4.26. The van der Waals surface area contributed by atoms with Gasteiger partial charge in [0.15, 0.2) is 0 Å². The molecular weight excluding hydrogens is 863 g/mol. The van der Waals surface area contributed by atoms with E-state index >= 15 is 0 Å². The highest BCUT2D eigenvalue weighted by molar-refractivity contribution is 6.39. The Labute approximate surface area is 405 Å². The third-order valence-electron chi connectivity index (χ3n) is 15.7. The van der Waals surface area contributed by atoms with Crippen molar-refractivity contribution in [1.82, 2.24) is 9.47 Å². The van der Waals surface area contributed by atoms with E-state index in [4.69, 9.17) is 23.7 Å². The third kappa shape index (κ3) is 11.9. The van der Waals surface area contributed by atoms with E-state index in [0.717, 1.165) is 42.6 Å². The van der Waals surface area contributed by atoms with E-state index < -0.39 is 59.8 Å². The summed E-state index contributed by atoms with van der Waals surface area (Å²) < 4.78 is 33.1. The first-order valence-corrected chi connectivity index (χ1v) is 25.3. The van der Waals surface area contributed by atoms with Crippen LogP contribution in [0.5, 0.6) is 0 Å². The highest BCUT2D eigenvalue weighted by Gasteiger charge is 2.56. The smallest absolute Gasteiger partial charge is 0.329 e. The number of nitrogens with zero attached hydrogens (tertiary/aromatic N) is 3. The normalized spacial score (nSPS) is 35.2. The molecule has 4 aliphatic rings. The second kappa shape index (κ2) is 23.6. The summed E-state index contributed by atoms with van der Waals surface area (Å²) >= 11 is 0. The molecule has 1 saturated carbocycles. The number of esters is 1. The van der Waals surface area contributed by atoms with Gasteiger partial charge >= 0.3 is 5.97 Å². The summed E-state index contributed by atoms with van der Waals surface area (Å²) in [6, 6.07) is 7.81. The van der Waals surface area contributed by atoms with E-state index in [1.165, 1.54) is 15.8 Å². The number of methoxy groups -OCH3 is 3. The minimum Gasteiger partial charge on any atom is -0.456 e. The molecular formula is C55H81N3O10. The van der Waals surface area contributed by atoms with Gasteiger partial charge in [0.2, 0.25) is 5.79 Å². The summed E-state index contributed by atoms with van der Waals surface area (Å²) in [6.45, 7) is 16.7. The molecule has 13 atom stereocenters. The van der Waals surface area contributed by atoms with Gasteiger partial charge in [-0.15, -0.1) is 6.58 Å². The highest BCUT2D eigenvalue weighted by Crippen LogP contribution is 2.40. The molecule has 2 saturated heterocycles. The Kier molecular flexibility index (Phi) is 18.5. The Morgan fingerprint density at radius 2 is 1.68 bits per heavy atom. The van der Waals surface area contributed by atoms with E-state index in [9.17, 15) is 24.3 Å². The lowest BCUT2D eigenvalue weighted by Gasteiger charge is -2.47. The number of Topliss-reactive ketones (excluding diaryl/α,β-unsaturated/α-hetero) is 2. The lowest BCUT2D eigenvalue weighted by atomic mass is 9.80. The molecule has 2 aromatic rings. The molecule has 0 radical (unpaired) electrons. The van der Waals surface area contributed by atoms with Crippen LogP contribution in [0.3, 0.4) is 0 Å². The second-order valence-corrected chi connectivity index (χ2v) is 20.7. The topological polar surface area (TPSA) is 146 Å². The van der Waals surface area contributed by atoms with Crippen LogP contribution < -0.4 is 4.90 Å². The van der Waals surface area contributed by atoms with Gasteiger partial charge in [-0.25, -0.2) is 4.79 Å². The Hall–Kier alpha value is -4.14. The molecule has 13 unspecified atom stereocenters. The summed E-state index contributed by atoms with van der Waals surface area (Å²) in [4.78, 5) is 61.0. The van der Waals surface area contributed by atoms with Gasteiger partial charge in [0.1, 0.15) is 24.0 Å². The number of carbonyl (C=O) groups excluding carboxylic acids is 4. The van der Waals surface area contributed by atoms with Crippen LogP contribution in [0.4, 0.5) is 5.69 Å². The van der Waals surface area contributed by atoms with Crippen molar-refractivity contribution in [3.63, 3.8) is 0 Å². The summed E-state index contributed by atoms with van der Waals surface area (Å²) in [5, 5.41) is 13.3. The standard InChI is InChI=1S/C55H81N3O10/c1-12-24-57-26-23-41-33-42(19-21-43(41)57)56(8)44-20-18-39(32-47(44)64-9)30-37(6)50-36(5)17-22-46(59)40(13-2)28-34(3)27-35(4)29-48(65-10)51-49(66-11)31-38(7)55(63,68-51)52(60)53(61)58-25-15-14-16-45(58)54(62)67-50/h12,19,21,23,26,28,30,33,35-36,38-40,44-45,47-51,63H,1,13-18,20,22,24-25,27,29,31-32H2,2-11H3/b34-28+,37-30?. The molecule has 1 amide bonds. The number of aliphatic hydroxyl groups is 1. The van der Waals surface area contributed by atoms with Crippen LogP contribution in [-0.4, -0.2) is 121 Å². The zero-order valence-corrected chi connectivity index (χ0v) is 42.6. The maximum atomic E-state index is 14.6. The number of rotatable bonds is 10. The van der Waals surface area contributed by atoms with Gasteiger partial charge in [0, 0.05) is 82.5 Å². The van der Waals surface area contributed by atoms with E-state index in [-0.39, 0.29) is 54.6 Å². The van der Waals surface area contributed by atoms with Crippen molar-refractivity contribution < 1.29 is 48.0 Å². The number of piperidine rings is 1. The lowest BCUT2D eigenvalue weighted by molar-refractivity contribution is -0.302. The zero-order valence-electron chi connectivity index (χ0n) is 42.6. The quantitative estimate of drug-likeness (QED) is 0.139. The van der Waals surface area contributed by atoms with Crippen LogP contribution in [0.2, 0.25) is 0 Å². The number of anilines is 1. The molecule has 13 heteroatoms. The fourth-order valence-electron chi connectivity index (χ4n) is 11.7. The molecule has 4 heterocycles. The van der Waals surface area contributed by atoms with Crippen molar-refractivity contribution in [2.75, 3.05) is 39.8 Å². The molecule has 1 aromatic heterocycles. The van der Waals surface area contributed by atoms with Crippen LogP contribution in [0.25, 0.3) is 10.9 Å². The maximum Gasteiger partial charge on any atom is 0.329 e. The molecule has 1 N–H and O–H groups in total. The molecule has 0 spiro atoms. The van der Waals surface area contributed by atoms with E-state index in [2.05, 4.69) is 72.6 Å². The SMILES string of the molecule is C=CCn1ccc2cc(N(C)C3CCC(C=C(C)C4OC(=O)C5CCCCN5C(=O)C(=O)C5(O)OC(C(OC)CC(C)C/C(C)=C/C(CC)C(=O)CCC4C)C(OC)CC5C)CC3OC)ccc21. The number of aromatic nitrogens is 1. The average Bonchev–Trinajstić information content (AvgIpc) is 3.74. The van der Waals surface area contributed by atoms with Gasteiger partial charge in [-0.2, -0.15) is 0 Å². The lowest BCUT2D eigenvalue weighted by Crippen LogP contribution is -2.64. The molecule has 1 aliphatic carbocycles. The summed E-state index contributed by atoms with van der Waals surface area (Å²) in [5.74, 6) is -6.09. The fraction of sp³-hybridized carbons (Fsp3) is 0.673. The molecule has 13 nitrogen and oxygen atoms in total. The van der Waals surface area contributed by atoms with Gasteiger partial charge in [0.05, 0.1) is 24.4 Å². The molecule has 6 rings (SSSR count). The Bertz CT molecular complexity index is 2150. The number of amides is 1. The van der Waals surface area contributed by atoms with Gasteiger partial charge in [-0.3, -0.25) is 14.4 Å². The number of fused-ring (bicyclic) bond motifs is 4. The second-order valence-electron chi connectivity index (χ2n) is 20.7. The van der Waals surface area contributed by atoms with Crippen molar-refractivity contribution in [2.45, 2.75) is 174 Å².